The van der Waals surface area contributed by atoms with Gasteiger partial charge in [-0.15, -0.1) is 19.0 Å². The summed E-state index contributed by atoms with van der Waals surface area (Å²) in [6.07, 6.45) is 1.54. The molecular weight excluding hydrogens is 289 g/mol. The topological polar surface area (TPSA) is 46.2 Å². The molecule has 0 aliphatic heterocycles. The number of hydrogen-bond acceptors (Lipinski definition) is 2. The van der Waals surface area contributed by atoms with Crippen molar-refractivity contribution in [3.05, 3.63) is 39.8 Å². The van der Waals surface area contributed by atoms with Crippen LogP contribution in [0.3, 0.4) is 0 Å². The minimum absolute atomic E-state index is 0. The summed E-state index contributed by atoms with van der Waals surface area (Å²) in [6.45, 7) is 3.54. The molecule has 0 fully saturated rings. The van der Waals surface area contributed by atoms with Crippen molar-refractivity contribution in [2.75, 3.05) is 0 Å². The van der Waals surface area contributed by atoms with Crippen LogP contribution < -0.4 is 5.73 Å². The molecule has 0 aliphatic carbocycles. The Morgan fingerprint density at radius 1 is 1.57 bits per heavy atom. The number of hydrogen-bond donors (Lipinski definition) is 2. The molecule has 0 radical (unpaired) electrons. The summed E-state index contributed by atoms with van der Waals surface area (Å²) in [5.74, 6) is 0.0114. The second-order valence-corrected chi connectivity index (χ2v) is 3.91. The summed E-state index contributed by atoms with van der Waals surface area (Å²) in [5.41, 5.74) is 6.24. The molecule has 0 heterocycles. The minimum Gasteiger partial charge on any atom is -0.506 e. The zero-order chi connectivity index (χ0) is 10.0. The quantitative estimate of drug-likeness (QED) is 0.822. The Morgan fingerprint density at radius 3 is 2.64 bits per heavy atom. The van der Waals surface area contributed by atoms with Crippen LogP contribution in [0.1, 0.15) is 11.6 Å². The van der Waals surface area contributed by atoms with Crippen LogP contribution in [0, 0.1) is 0 Å². The van der Waals surface area contributed by atoms with Gasteiger partial charge in [0.1, 0.15) is 5.75 Å². The average Bonchev–Trinajstić information content (AvgIpc) is 2.10. The molecule has 1 aromatic carbocycles. The number of phenolic OH excluding ortho intramolecular Hbond substituents is 1. The molecule has 0 saturated heterocycles. The molecule has 3 N–H and O–H groups in total. The van der Waals surface area contributed by atoms with E-state index in [-0.39, 0.29) is 23.2 Å². The van der Waals surface area contributed by atoms with Crippen LogP contribution in [-0.2, 0) is 0 Å². The predicted molar refractivity (Wildman–Crippen MR) is 65.2 cm³/mol. The molecular formula is C9H10BrCl2NO. The zero-order valence-corrected chi connectivity index (χ0v) is 10.4. The molecule has 0 aliphatic rings. The maximum atomic E-state index is 9.54. The molecule has 78 valence electrons. The standard InChI is InChI=1S/C9H9BrClNO.ClH/c1-2-8(12)6-3-5(10)4-7(11)9(6)13;/h2-4,8,13H,1,12H2;1H/t8-;/m1./s1. The van der Waals surface area contributed by atoms with Crippen LogP contribution in [0.4, 0.5) is 0 Å². The van der Waals surface area contributed by atoms with Gasteiger partial charge in [-0.25, -0.2) is 0 Å². The second-order valence-electron chi connectivity index (χ2n) is 2.59. The number of halogens is 3. The molecule has 0 amide bonds. The van der Waals surface area contributed by atoms with E-state index < -0.39 is 6.04 Å². The van der Waals surface area contributed by atoms with E-state index in [1.54, 1.807) is 12.1 Å². The maximum absolute atomic E-state index is 9.54. The highest BCUT2D eigenvalue weighted by atomic mass is 79.9. The van der Waals surface area contributed by atoms with E-state index in [9.17, 15) is 5.11 Å². The molecule has 0 spiro atoms. The van der Waals surface area contributed by atoms with Crippen LogP contribution >= 0.6 is 39.9 Å². The molecule has 0 aromatic heterocycles. The van der Waals surface area contributed by atoms with E-state index in [1.807, 2.05) is 0 Å². The highest BCUT2D eigenvalue weighted by Crippen LogP contribution is 2.34. The molecule has 2 nitrogen and oxygen atoms in total. The van der Waals surface area contributed by atoms with Crippen LogP contribution in [0.5, 0.6) is 5.75 Å². The fourth-order valence-electron chi connectivity index (χ4n) is 0.967. The first kappa shape index (κ1) is 13.8. The Balaban J connectivity index is 0.00000169. The van der Waals surface area contributed by atoms with Crippen molar-refractivity contribution in [3.63, 3.8) is 0 Å². The lowest BCUT2D eigenvalue weighted by Crippen LogP contribution is -2.06. The SMILES string of the molecule is C=C[C@@H](N)c1cc(Br)cc(Cl)c1O.Cl. The van der Waals surface area contributed by atoms with Gasteiger partial charge in [0.15, 0.2) is 0 Å². The number of benzene rings is 1. The zero-order valence-electron chi connectivity index (χ0n) is 7.21. The van der Waals surface area contributed by atoms with Gasteiger partial charge in [-0.05, 0) is 12.1 Å². The summed E-state index contributed by atoms with van der Waals surface area (Å²) >= 11 is 9.01. The van der Waals surface area contributed by atoms with Crippen molar-refractivity contribution in [1.29, 1.82) is 0 Å². The van der Waals surface area contributed by atoms with E-state index in [2.05, 4.69) is 22.5 Å². The fraction of sp³-hybridized carbons (Fsp3) is 0.111. The minimum atomic E-state index is -0.407. The Bertz CT molecular complexity index is 344. The molecule has 0 saturated carbocycles. The van der Waals surface area contributed by atoms with Gasteiger partial charge >= 0.3 is 0 Å². The van der Waals surface area contributed by atoms with Gasteiger partial charge in [0.2, 0.25) is 0 Å². The molecule has 1 rings (SSSR count). The average molecular weight is 299 g/mol. The first-order valence-electron chi connectivity index (χ1n) is 3.62. The highest BCUT2D eigenvalue weighted by molar-refractivity contribution is 9.10. The van der Waals surface area contributed by atoms with Gasteiger partial charge in [0.05, 0.1) is 11.1 Å². The second kappa shape index (κ2) is 5.61. The Hall–Kier alpha value is -0.220. The van der Waals surface area contributed by atoms with Crippen molar-refractivity contribution < 1.29 is 5.11 Å². The maximum Gasteiger partial charge on any atom is 0.139 e. The largest absolute Gasteiger partial charge is 0.506 e. The summed E-state index contributed by atoms with van der Waals surface area (Å²) in [4.78, 5) is 0. The lowest BCUT2D eigenvalue weighted by Gasteiger charge is -2.10. The van der Waals surface area contributed by atoms with Crippen molar-refractivity contribution in [2.45, 2.75) is 6.04 Å². The number of aromatic hydroxyl groups is 1. The monoisotopic (exact) mass is 297 g/mol. The van der Waals surface area contributed by atoms with Gasteiger partial charge in [0, 0.05) is 10.0 Å². The molecule has 1 aromatic rings. The number of nitrogens with two attached hydrogens (primary N) is 1. The van der Waals surface area contributed by atoms with Crippen LogP contribution in [0.2, 0.25) is 5.02 Å². The lowest BCUT2D eigenvalue weighted by atomic mass is 10.1. The third-order valence-electron chi connectivity index (χ3n) is 1.67. The summed E-state index contributed by atoms with van der Waals surface area (Å²) in [6, 6.07) is 2.92. The van der Waals surface area contributed by atoms with Crippen LogP contribution in [0.25, 0.3) is 0 Å². The molecule has 0 bridgehead atoms. The Morgan fingerprint density at radius 2 is 2.14 bits per heavy atom. The normalized spacial score (nSPS) is 11.6. The fourth-order valence-corrected chi connectivity index (χ4v) is 1.80. The number of rotatable bonds is 2. The smallest absolute Gasteiger partial charge is 0.139 e. The van der Waals surface area contributed by atoms with Gasteiger partial charge in [-0.2, -0.15) is 0 Å². The van der Waals surface area contributed by atoms with E-state index >= 15 is 0 Å². The van der Waals surface area contributed by atoms with Crippen molar-refractivity contribution in [1.82, 2.24) is 0 Å². The van der Waals surface area contributed by atoms with Crippen LogP contribution in [-0.4, -0.2) is 5.11 Å². The Kier molecular flexibility index (Phi) is 5.52. The van der Waals surface area contributed by atoms with Crippen LogP contribution in [0.15, 0.2) is 29.3 Å². The van der Waals surface area contributed by atoms with E-state index in [1.165, 1.54) is 6.08 Å². The van der Waals surface area contributed by atoms with Gasteiger partial charge in [-0.1, -0.05) is 33.6 Å². The van der Waals surface area contributed by atoms with Gasteiger partial charge in [-0.3, -0.25) is 0 Å². The number of phenols is 1. The molecule has 0 unspecified atom stereocenters. The summed E-state index contributed by atoms with van der Waals surface area (Å²) < 4.78 is 0.780. The molecule has 14 heavy (non-hydrogen) atoms. The predicted octanol–water partition coefficient (Wildman–Crippen LogP) is 3.42. The summed E-state index contributed by atoms with van der Waals surface area (Å²) in [5, 5.41) is 9.82. The van der Waals surface area contributed by atoms with Crippen molar-refractivity contribution in [3.8, 4) is 5.75 Å². The first-order valence-corrected chi connectivity index (χ1v) is 4.79. The van der Waals surface area contributed by atoms with Crippen molar-refractivity contribution in [2.24, 2.45) is 5.73 Å². The first-order chi connectivity index (χ1) is 6.06. The van der Waals surface area contributed by atoms with Gasteiger partial charge < -0.3 is 10.8 Å². The van der Waals surface area contributed by atoms with E-state index in [0.717, 1.165) is 4.47 Å². The molecule has 1 atom stereocenters. The Labute approximate surface area is 102 Å². The lowest BCUT2D eigenvalue weighted by molar-refractivity contribution is 0.466. The van der Waals surface area contributed by atoms with Gasteiger partial charge in [0.25, 0.3) is 0 Å². The van der Waals surface area contributed by atoms with E-state index in [0.29, 0.717) is 5.56 Å². The highest BCUT2D eigenvalue weighted by Gasteiger charge is 2.11. The van der Waals surface area contributed by atoms with Crippen molar-refractivity contribution >= 4 is 39.9 Å². The third kappa shape index (κ3) is 2.89. The molecule has 5 heteroatoms. The third-order valence-corrected chi connectivity index (χ3v) is 2.42. The summed E-state index contributed by atoms with van der Waals surface area (Å²) in [7, 11) is 0. The van der Waals surface area contributed by atoms with E-state index in [4.69, 9.17) is 17.3 Å².